The van der Waals surface area contributed by atoms with Gasteiger partial charge in [-0.2, -0.15) is 4.98 Å². The minimum atomic E-state index is -0.436. The number of nitrogens with one attached hydrogen (secondary N) is 2. The molecule has 8 nitrogen and oxygen atoms in total. The molecule has 0 radical (unpaired) electrons. The molecule has 2 heterocycles. The molecular weight excluding hydrogens is 302 g/mol. The number of aromatic nitrogens is 4. The van der Waals surface area contributed by atoms with Gasteiger partial charge in [-0.05, 0) is 6.92 Å². The molecule has 20 heavy (non-hydrogen) atoms. The molecule has 0 aromatic carbocycles. The van der Waals surface area contributed by atoms with Crippen molar-refractivity contribution in [3.05, 3.63) is 21.4 Å². The molecule has 0 atom stereocenters. The van der Waals surface area contributed by atoms with Crippen LogP contribution in [0.1, 0.15) is 11.4 Å². The molecule has 0 aliphatic heterocycles. The maximum Gasteiger partial charge on any atom is 0.255 e. The fraction of sp³-hybridized carbons (Fsp3) is 0.300. The first kappa shape index (κ1) is 14.5. The number of carbonyl (C=O) groups is 1. The summed E-state index contributed by atoms with van der Waals surface area (Å²) in [6.07, 6.45) is 0.225. The van der Waals surface area contributed by atoms with Crippen LogP contribution in [0.15, 0.2) is 16.0 Å². The number of H-pyrrole nitrogens is 1. The number of hydrogen-bond donors (Lipinski definition) is 3. The van der Waals surface area contributed by atoms with Crippen LogP contribution in [0.5, 0.6) is 5.88 Å². The van der Waals surface area contributed by atoms with Crippen molar-refractivity contribution in [2.75, 3.05) is 11.1 Å². The normalized spacial score (nSPS) is 10.4. The van der Waals surface area contributed by atoms with Crippen molar-refractivity contribution in [1.29, 1.82) is 0 Å². The van der Waals surface area contributed by atoms with E-state index in [1.54, 1.807) is 6.92 Å². The third-order valence-electron chi connectivity index (χ3n) is 2.05. The molecule has 0 unspecified atom stereocenters. The van der Waals surface area contributed by atoms with Gasteiger partial charge in [0.15, 0.2) is 5.16 Å². The van der Waals surface area contributed by atoms with Gasteiger partial charge < -0.3 is 15.4 Å². The lowest BCUT2D eigenvalue weighted by Crippen LogP contribution is -2.12. The molecule has 0 fully saturated rings. The number of carbonyl (C=O) groups excluding carboxylic acids is 1. The molecule has 0 bridgehead atoms. The lowest BCUT2D eigenvalue weighted by atomic mass is 10.5. The predicted molar refractivity (Wildman–Crippen MR) is 75.1 cm³/mol. The summed E-state index contributed by atoms with van der Waals surface area (Å²) in [7, 11) is 0. The van der Waals surface area contributed by atoms with Crippen LogP contribution < -0.4 is 10.9 Å². The largest absolute Gasteiger partial charge is 0.493 e. The Balaban J connectivity index is 1.80. The number of aryl methyl sites for hydroxylation is 1. The zero-order valence-electron chi connectivity index (χ0n) is 10.4. The summed E-state index contributed by atoms with van der Waals surface area (Å²) < 4.78 is 0. The molecule has 0 saturated heterocycles. The summed E-state index contributed by atoms with van der Waals surface area (Å²) in [5.41, 5.74) is -0.436. The van der Waals surface area contributed by atoms with Gasteiger partial charge >= 0.3 is 0 Å². The van der Waals surface area contributed by atoms with E-state index < -0.39 is 5.56 Å². The second-order valence-corrected chi connectivity index (χ2v) is 5.95. The Morgan fingerprint density at radius 3 is 3.00 bits per heavy atom. The molecule has 3 N–H and O–H groups in total. The van der Waals surface area contributed by atoms with Crippen molar-refractivity contribution in [2.45, 2.75) is 18.5 Å². The number of aromatic hydroxyl groups is 1. The lowest BCUT2D eigenvalue weighted by molar-refractivity contribution is -0.115. The van der Waals surface area contributed by atoms with Gasteiger partial charge in [0.25, 0.3) is 5.56 Å². The molecule has 1 amide bonds. The van der Waals surface area contributed by atoms with Gasteiger partial charge in [0.1, 0.15) is 5.01 Å². The van der Waals surface area contributed by atoms with Crippen molar-refractivity contribution in [1.82, 2.24) is 20.2 Å². The topological polar surface area (TPSA) is 121 Å². The average molecular weight is 313 g/mol. The summed E-state index contributed by atoms with van der Waals surface area (Å²) >= 11 is 2.47. The van der Waals surface area contributed by atoms with Crippen LogP contribution in [0.2, 0.25) is 0 Å². The number of nitrogens with zero attached hydrogens (tertiary/aromatic N) is 3. The predicted octanol–water partition coefficient (Wildman–Crippen LogP) is 0.756. The number of amides is 1. The smallest absolute Gasteiger partial charge is 0.255 e. The molecule has 0 saturated carbocycles. The van der Waals surface area contributed by atoms with Crippen LogP contribution in [0.25, 0.3) is 0 Å². The van der Waals surface area contributed by atoms with Gasteiger partial charge in [-0.1, -0.05) is 23.1 Å². The summed E-state index contributed by atoms with van der Waals surface area (Å²) in [6, 6.07) is 0.981. The highest BCUT2D eigenvalue weighted by molar-refractivity contribution is 7.99. The van der Waals surface area contributed by atoms with Crippen LogP contribution in [-0.4, -0.2) is 36.9 Å². The second-order valence-electron chi connectivity index (χ2n) is 3.68. The van der Waals surface area contributed by atoms with Crippen molar-refractivity contribution < 1.29 is 9.90 Å². The quantitative estimate of drug-likeness (QED) is 0.550. The number of anilines is 1. The molecule has 0 spiro atoms. The minimum Gasteiger partial charge on any atom is -0.493 e. The monoisotopic (exact) mass is 313 g/mol. The molecule has 2 aromatic rings. The zero-order chi connectivity index (χ0) is 14.5. The van der Waals surface area contributed by atoms with Crippen LogP contribution in [0.3, 0.4) is 0 Å². The van der Waals surface area contributed by atoms with Crippen LogP contribution >= 0.6 is 23.1 Å². The maximum absolute atomic E-state index is 11.6. The van der Waals surface area contributed by atoms with E-state index in [0.717, 1.165) is 11.1 Å². The zero-order valence-corrected chi connectivity index (χ0v) is 12.0. The first-order valence-electron chi connectivity index (χ1n) is 5.56. The third-order valence-corrected chi connectivity index (χ3v) is 3.68. The van der Waals surface area contributed by atoms with Gasteiger partial charge in [0, 0.05) is 12.2 Å². The summed E-state index contributed by atoms with van der Waals surface area (Å²) in [5, 5.41) is 20.9. The van der Waals surface area contributed by atoms with Crippen LogP contribution in [0, 0.1) is 6.92 Å². The average Bonchev–Trinajstić information content (AvgIpc) is 2.73. The van der Waals surface area contributed by atoms with Crippen molar-refractivity contribution in [2.24, 2.45) is 0 Å². The highest BCUT2D eigenvalue weighted by atomic mass is 32.2. The van der Waals surface area contributed by atoms with E-state index in [-0.39, 0.29) is 23.4 Å². The molecule has 0 aliphatic rings. The first-order chi connectivity index (χ1) is 9.52. The minimum absolute atomic E-state index is 0.198. The Morgan fingerprint density at radius 1 is 1.55 bits per heavy atom. The van der Waals surface area contributed by atoms with Gasteiger partial charge in [0.2, 0.25) is 16.9 Å². The SMILES string of the molecule is Cc1nnc(NC(=O)CCSc2nc(O)cc(=O)[nH]2)s1. The van der Waals surface area contributed by atoms with Crippen molar-refractivity contribution in [3.63, 3.8) is 0 Å². The van der Waals surface area contributed by atoms with E-state index >= 15 is 0 Å². The Morgan fingerprint density at radius 2 is 2.35 bits per heavy atom. The van der Waals surface area contributed by atoms with Crippen molar-refractivity contribution in [3.8, 4) is 5.88 Å². The molecule has 0 aliphatic carbocycles. The molecule has 10 heteroatoms. The van der Waals surface area contributed by atoms with Crippen LogP contribution in [-0.2, 0) is 4.79 Å². The number of thioether (sulfide) groups is 1. The number of aromatic amines is 1. The summed E-state index contributed by atoms with van der Waals surface area (Å²) in [5.74, 6) is -0.128. The van der Waals surface area contributed by atoms with Gasteiger partial charge in [-0.25, -0.2) is 0 Å². The molecule has 2 rings (SSSR count). The van der Waals surface area contributed by atoms with Gasteiger partial charge in [-0.15, -0.1) is 10.2 Å². The van der Waals surface area contributed by atoms with Crippen LogP contribution in [0.4, 0.5) is 5.13 Å². The first-order valence-corrected chi connectivity index (χ1v) is 7.36. The van der Waals surface area contributed by atoms with E-state index in [2.05, 4.69) is 25.5 Å². The summed E-state index contributed by atoms with van der Waals surface area (Å²) in [4.78, 5) is 28.9. The van der Waals surface area contributed by atoms with E-state index in [9.17, 15) is 9.59 Å². The number of rotatable bonds is 5. The highest BCUT2D eigenvalue weighted by Crippen LogP contribution is 2.16. The standard InChI is InChI=1S/C10H11N5O3S2/c1-5-14-15-10(20-5)11-6(16)2-3-19-9-12-7(17)4-8(18)13-9/h4H,2-3H2,1H3,(H,11,15,16)(H2,12,13,17,18). The Kier molecular flexibility index (Phi) is 4.69. The molecular formula is C10H11N5O3S2. The van der Waals surface area contributed by atoms with E-state index in [1.165, 1.54) is 23.1 Å². The number of hydrogen-bond acceptors (Lipinski definition) is 8. The van der Waals surface area contributed by atoms with E-state index in [0.29, 0.717) is 10.9 Å². The molecule has 2 aromatic heterocycles. The lowest BCUT2D eigenvalue weighted by Gasteiger charge is -2.01. The second kappa shape index (κ2) is 6.48. The Hall–Kier alpha value is -1.94. The van der Waals surface area contributed by atoms with Crippen molar-refractivity contribution >= 4 is 34.1 Å². The maximum atomic E-state index is 11.6. The van der Waals surface area contributed by atoms with Gasteiger partial charge in [0.05, 0.1) is 6.07 Å². The Bertz CT molecular complexity index is 669. The van der Waals surface area contributed by atoms with E-state index in [4.69, 9.17) is 5.11 Å². The summed E-state index contributed by atoms with van der Waals surface area (Å²) in [6.45, 7) is 1.80. The Labute approximate surface area is 121 Å². The third kappa shape index (κ3) is 4.31. The fourth-order valence-electron chi connectivity index (χ4n) is 1.26. The fourth-order valence-corrected chi connectivity index (χ4v) is 2.68. The van der Waals surface area contributed by atoms with Gasteiger partial charge in [-0.3, -0.25) is 9.59 Å². The highest BCUT2D eigenvalue weighted by Gasteiger charge is 2.07. The van der Waals surface area contributed by atoms with E-state index in [1.807, 2.05) is 0 Å². The molecule has 106 valence electrons.